The van der Waals surface area contributed by atoms with Crippen LogP contribution in [0.1, 0.15) is 46.4 Å². The SMILES string of the molecule is COc1c(Oc2nnc(C(F)(F)F)c(C)c2C(=O)Nc2cccc(S(C)(=O)=O)c2)ccc(C2(F)CCC2)c1F. The van der Waals surface area contributed by atoms with Gasteiger partial charge in [-0.1, -0.05) is 6.07 Å². The summed E-state index contributed by atoms with van der Waals surface area (Å²) in [5, 5.41) is 8.90. The van der Waals surface area contributed by atoms with E-state index in [1.807, 2.05) is 0 Å². The minimum atomic E-state index is -4.98. The number of nitrogens with zero attached hydrogens (tertiary/aromatic N) is 2. The molecule has 0 radical (unpaired) electrons. The lowest BCUT2D eigenvalue weighted by Gasteiger charge is -2.34. The molecule has 0 spiro atoms. The summed E-state index contributed by atoms with van der Waals surface area (Å²) in [4.78, 5) is 13.1. The van der Waals surface area contributed by atoms with E-state index in [1.165, 1.54) is 18.2 Å². The van der Waals surface area contributed by atoms with Crippen molar-refractivity contribution in [2.45, 2.75) is 42.9 Å². The Morgan fingerprint density at radius 3 is 2.38 bits per heavy atom. The molecular formula is C25H22F5N3O5S. The summed E-state index contributed by atoms with van der Waals surface area (Å²) in [5.74, 6) is -3.84. The fourth-order valence-electron chi connectivity index (χ4n) is 4.12. The Bertz CT molecular complexity index is 1560. The number of carbonyl (C=O) groups excluding carboxylic acids is 1. The van der Waals surface area contributed by atoms with Gasteiger partial charge in [0.25, 0.3) is 11.8 Å². The van der Waals surface area contributed by atoms with Crippen LogP contribution in [0.15, 0.2) is 41.3 Å². The van der Waals surface area contributed by atoms with Gasteiger partial charge in [0, 0.05) is 17.5 Å². The molecular weight excluding hydrogens is 549 g/mol. The second kappa shape index (κ2) is 10.1. The van der Waals surface area contributed by atoms with Crippen LogP contribution < -0.4 is 14.8 Å². The third-order valence-corrected chi connectivity index (χ3v) is 7.41. The number of aromatic nitrogens is 2. The number of ether oxygens (including phenoxy) is 2. The molecule has 14 heteroatoms. The molecule has 1 N–H and O–H groups in total. The molecule has 2 aromatic carbocycles. The number of anilines is 1. The zero-order valence-corrected chi connectivity index (χ0v) is 21.6. The van der Waals surface area contributed by atoms with Crippen LogP contribution in [0, 0.1) is 12.7 Å². The molecule has 1 fully saturated rings. The van der Waals surface area contributed by atoms with Crippen LogP contribution in [-0.4, -0.2) is 37.9 Å². The average molecular weight is 572 g/mol. The molecule has 39 heavy (non-hydrogen) atoms. The number of sulfone groups is 1. The van der Waals surface area contributed by atoms with Crippen molar-refractivity contribution in [3.63, 3.8) is 0 Å². The van der Waals surface area contributed by atoms with Gasteiger partial charge in [0.2, 0.25) is 0 Å². The summed E-state index contributed by atoms with van der Waals surface area (Å²) in [6.45, 7) is 0.969. The van der Waals surface area contributed by atoms with Crippen molar-refractivity contribution in [3.8, 4) is 17.4 Å². The maximum atomic E-state index is 15.2. The second-order valence-electron chi connectivity index (χ2n) is 8.99. The van der Waals surface area contributed by atoms with Gasteiger partial charge in [-0.05, 0) is 62.1 Å². The summed E-state index contributed by atoms with van der Waals surface area (Å²) >= 11 is 0. The number of carbonyl (C=O) groups is 1. The normalized spacial score (nSPS) is 14.9. The minimum absolute atomic E-state index is 0.0413. The van der Waals surface area contributed by atoms with Crippen molar-refractivity contribution in [1.82, 2.24) is 10.2 Å². The highest BCUT2D eigenvalue weighted by atomic mass is 32.2. The Hall–Kier alpha value is -3.81. The average Bonchev–Trinajstić information content (AvgIpc) is 2.82. The molecule has 1 aromatic heterocycles. The van der Waals surface area contributed by atoms with Crippen molar-refractivity contribution in [2.24, 2.45) is 0 Å². The van der Waals surface area contributed by atoms with E-state index < -0.39 is 61.9 Å². The van der Waals surface area contributed by atoms with E-state index in [4.69, 9.17) is 9.47 Å². The molecule has 0 aliphatic heterocycles. The fourth-order valence-corrected chi connectivity index (χ4v) is 4.79. The first-order valence-corrected chi connectivity index (χ1v) is 13.3. The highest BCUT2D eigenvalue weighted by Gasteiger charge is 2.42. The Morgan fingerprint density at radius 2 is 1.82 bits per heavy atom. The number of amides is 1. The number of hydrogen-bond acceptors (Lipinski definition) is 7. The standard InChI is InChI=1S/C25H22F5N3O5S/c1-13-18(22(34)31-14-6-4-7-15(12-14)39(3,35)36)23(33-32-21(13)25(28,29)30)38-17-9-8-16(19(26)20(17)37-2)24(27)10-5-11-24/h4,6-9,12H,5,10-11H2,1-3H3,(H,31,34). The van der Waals surface area contributed by atoms with E-state index in [9.17, 15) is 30.8 Å². The maximum Gasteiger partial charge on any atom is 0.435 e. The molecule has 0 saturated heterocycles. The van der Waals surface area contributed by atoms with Crippen molar-refractivity contribution in [2.75, 3.05) is 18.7 Å². The second-order valence-corrected chi connectivity index (χ2v) is 11.0. The number of hydrogen-bond donors (Lipinski definition) is 1. The highest BCUT2D eigenvalue weighted by Crippen LogP contribution is 2.49. The van der Waals surface area contributed by atoms with Crippen LogP contribution in [0.2, 0.25) is 0 Å². The molecule has 4 rings (SSSR count). The van der Waals surface area contributed by atoms with Crippen molar-refractivity contribution in [3.05, 3.63) is 64.6 Å². The Kier molecular flexibility index (Phi) is 7.27. The van der Waals surface area contributed by atoms with E-state index in [0.29, 0.717) is 6.42 Å². The molecule has 0 atom stereocenters. The van der Waals surface area contributed by atoms with Crippen LogP contribution >= 0.6 is 0 Å². The van der Waals surface area contributed by atoms with Crippen LogP contribution in [0.4, 0.5) is 27.6 Å². The molecule has 1 saturated carbocycles. The first kappa shape index (κ1) is 28.2. The Morgan fingerprint density at radius 1 is 1.13 bits per heavy atom. The van der Waals surface area contributed by atoms with Gasteiger partial charge in [-0.3, -0.25) is 4.79 Å². The van der Waals surface area contributed by atoms with E-state index in [-0.39, 0.29) is 34.7 Å². The van der Waals surface area contributed by atoms with Gasteiger partial charge < -0.3 is 14.8 Å². The molecule has 3 aromatic rings. The number of alkyl halides is 4. The van der Waals surface area contributed by atoms with Gasteiger partial charge >= 0.3 is 6.18 Å². The molecule has 1 aliphatic carbocycles. The summed E-state index contributed by atoms with van der Waals surface area (Å²) < 4.78 is 105. The third-order valence-electron chi connectivity index (χ3n) is 6.30. The predicted octanol–water partition coefficient (Wildman–Crippen LogP) is 5.75. The Balaban J connectivity index is 1.78. The zero-order chi connectivity index (χ0) is 28.8. The smallest absolute Gasteiger partial charge is 0.435 e. The minimum Gasteiger partial charge on any atom is -0.490 e. The molecule has 1 heterocycles. The maximum absolute atomic E-state index is 15.2. The number of halogens is 5. The summed E-state index contributed by atoms with van der Waals surface area (Å²) in [5.41, 5.74) is -5.00. The van der Waals surface area contributed by atoms with Crippen LogP contribution in [0.3, 0.4) is 0 Å². The summed E-state index contributed by atoms with van der Waals surface area (Å²) in [6, 6.07) is 7.34. The molecule has 0 unspecified atom stereocenters. The number of benzene rings is 2. The lowest BCUT2D eigenvalue weighted by molar-refractivity contribution is -0.142. The molecule has 1 amide bonds. The third kappa shape index (κ3) is 5.51. The van der Waals surface area contributed by atoms with Gasteiger partial charge in [0.05, 0.1) is 12.0 Å². The summed E-state index contributed by atoms with van der Waals surface area (Å²) in [6.07, 6.45) is -3.24. The molecule has 0 bridgehead atoms. The van der Waals surface area contributed by atoms with Gasteiger partial charge in [0.15, 0.2) is 32.8 Å². The molecule has 8 nitrogen and oxygen atoms in total. The number of methoxy groups -OCH3 is 1. The van der Waals surface area contributed by atoms with Crippen LogP contribution in [0.25, 0.3) is 0 Å². The Labute approximate surface area is 220 Å². The van der Waals surface area contributed by atoms with Gasteiger partial charge in [-0.25, -0.2) is 17.2 Å². The highest BCUT2D eigenvalue weighted by molar-refractivity contribution is 7.90. The lowest BCUT2D eigenvalue weighted by atomic mass is 9.76. The quantitative estimate of drug-likeness (QED) is 0.360. The van der Waals surface area contributed by atoms with Crippen LogP contribution in [-0.2, 0) is 21.7 Å². The first-order valence-electron chi connectivity index (χ1n) is 11.5. The summed E-state index contributed by atoms with van der Waals surface area (Å²) in [7, 11) is -2.57. The van der Waals surface area contributed by atoms with Gasteiger partial charge in [0.1, 0.15) is 11.2 Å². The van der Waals surface area contributed by atoms with E-state index >= 15 is 4.39 Å². The van der Waals surface area contributed by atoms with Crippen molar-refractivity contribution >= 4 is 21.4 Å². The van der Waals surface area contributed by atoms with E-state index in [0.717, 1.165) is 38.5 Å². The number of nitrogens with one attached hydrogen (secondary N) is 1. The van der Waals surface area contributed by atoms with Gasteiger partial charge in [-0.15, -0.1) is 10.2 Å². The molecule has 1 aliphatic rings. The lowest BCUT2D eigenvalue weighted by Crippen LogP contribution is -2.30. The molecule has 208 valence electrons. The van der Waals surface area contributed by atoms with Crippen LogP contribution in [0.5, 0.6) is 17.4 Å². The van der Waals surface area contributed by atoms with E-state index in [2.05, 4.69) is 15.5 Å². The predicted molar refractivity (Wildman–Crippen MR) is 129 cm³/mol. The topological polar surface area (TPSA) is 107 Å². The van der Waals surface area contributed by atoms with Gasteiger partial charge in [-0.2, -0.15) is 13.2 Å². The first-order chi connectivity index (χ1) is 18.2. The fraction of sp³-hybridized carbons (Fsp3) is 0.320. The van der Waals surface area contributed by atoms with Crippen molar-refractivity contribution < 1.29 is 44.6 Å². The zero-order valence-electron chi connectivity index (χ0n) is 20.8. The van der Waals surface area contributed by atoms with Crippen molar-refractivity contribution in [1.29, 1.82) is 0 Å². The number of rotatable bonds is 7. The monoisotopic (exact) mass is 571 g/mol. The van der Waals surface area contributed by atoms with E-state index in [1.54, 1.807) is 0 Å². The largest absolute Gasteiger partial charge is 0.490 e.